The predicted octanol–water partition coefficient (Wildman–Crippen LogP) is 1.10. The van der Waals surface area contributed by atoms with Crippen molar-refractivity contribution in [3.8, 4) is 0 Å². The third-order valence-corrected chi connectivity index (χ3v) is 1.32. The molecule has 0 N–H and O–H groups in total. The lowest BCUT2D eigenvalue weighted by Gasteiger charge is -2.13. The molecule has 0 heterocycles. The molecule has 0 aromatic heterocycles. The fraction of sp³-hybridized carbons (Fsp3) is 0.833. The molecule has 0 aromatic carbocycles. The van der Waals surface area contributed by atoms with Gasteiger partial charge < -0.3 is 9.47 Å². The topological polar surface area (TPSA) is 35.5 Å². The average molecular weight is 196 g/mol. The van der Waals surface area contributed by atoms with Crippen molar-refractivity contribution in [1.29, 1.82) is 0 Å². The van der Waals surface area contributed by atoms with E-state index < -0.39 is 16.8 Å². The summed E-state index contributed by atoms with van der Waals surface area (Å²) in [6.45, 7) is 3.98. The summed E-state index contributed by atoms with van der Waals surface area (Å²) in [5.41, 5.74) is 0. The summed E-state index contributed by atoms with van der Waals surface area (Å²) in [5.74, 6) is -0.488. The summed E-state index contributed by atoms with van der Waals surface area (Å²) >= 11 is 7.54. The van der Waals surface area contributed by atoms with E-state index in [0.29, 0.717) is 6.61 Å². The Balaban J connectivity index is 3.57. The molecule has 11 heavy (non-hydrogen) atoms. The van der Waals surface area contributed by atoms with E-state index in [9.17, 15) is 4.79 Å². The zero-order valence-electron chi connectivity index (χ0n) is 6.48. The van der Waals surface area contributed by atoms with Crippen LogP contribution in [0.2, 0.25) is 0 Å². The summed E-state index contributed by atoms with van der Waals surface area (Å²) in [5, 5.41) is 0. The van der Waals surface area contributed by atoms with Gasteiger partial charge in [-0.2, -0.15) is 25.3 Å². The molecule has 0 aromatic rings. The second kappa shape index (κ2) is 5.74. The van der Waals surface area contributed by atoms with Crippen LogP contribution < -0.4 is 0 Å². The van der Waals surface area contributed by atoms with E-state index in [2.05, 4.69) is 25.3 Å². The van der Waals surface area contributed by atoms with E-state index in [1.165, 1.54) is 0 Å². The molecule has 0 rings (SSSR count). The molecule has 0 saturated carbocycles. The third kappa shape index (κ3) is 5.41. The first-order valence-electron chi connectivity index (χ1n) is 3.26. The molecular formula is C6H12O3S2. The second-order valence-corrected chi connectivity index (χ2v) is 3.27. The highest BCUT2D eigenvalue weighted by atomic mass is 32.2. The second-order valence-electron chi connectivity index (χ2n) is 1.83. The van der Waals surface area contributed by atoms with Crippen molar-refractivity contribution in [3.63, 3.8) is 0 Å². The highest BCUT2D eigenvalue weighted by molar-refractivity contribution is 8.00. The first-order valence-corrected chi connectivity index (χ1v) is 4.29. The SMILES string of the molecule is CCOC(C)OC(=O)C(S)S. The Morgan fingerprint density at radius 2 is 2.09 bits per heavy atom. The molecule has 0 bridgehead atoms. The zero-order valence-corrected chi connectivity index (χ0v) is 8.27. The molecule has 66 valence electrons. The highest BCUT2D eigenvalue weighted by Crippen LogP contribution is 2.05. The Bertz CT molecular complexity index is 127. The summed E-state index contributed by atoms with van der Waals surface area (Å²) in [6, 6.07) is 0. The number of esters is 1. The molecule has 0 aliphatic heterocycles. The summed E-state index contributed by atoms with van der Waals surface area (Å²) in [4.78, 5) is 10.8. The van der Waals surface area contributed by atoms with Gasteiger partial charge >= 0.3 is 5.97 Å². The quantitative estimate of drug-likeness (QED) is 0.401. The largest absolute Gasteiger partial charge is 0.435 e. The molecular weight excluding hydrogens is 184 g/mol. The van der Waals surface area contributed by atoms with Gasteiger partial charge in [-0.3, -0.25) is 0 Å². The van der Waals surface area contributed by atoms with Gasteiger partial charge in [0.05, 0.1) is 0 Å². The van der Waals surface area contributed by atoms with Gasteiger partial charge in [-0.1, -0.05) is 0 Å². The minimum Gasteiger partial charge on any atom is -0.435 e. The first-order chi connectivity index (χ1) is 5.07. The van der Waals surface area contributed by atoms with Crippen LogP contribution in [0.4, 0.5) is 0 Å². The molecule has 3 nitrogen and oxygen atoms in total. The van der Waals surface area contributed by atoms with Crippen molar-refractivity contribution in [2.45, 2.75) is 24.7 Å². The Kier molecular flexibility index (Phi) is 5.81. The van der Waals surface area contributed by atoms with Crippen molar-refractivity contribution in [2.24, 2.45) is 0 Å². The van der Waals surface area contributed by atoms with E-state index in [1.54, 1.807) is 6.92 Å². The van der Waals surface area contributed by atoms with Crippen molar-refractivity contribution in [2.75, 3.05) is 6.61 Å². The number of thiol groups is 2. The maximum atomic E-state index is 10.8. The maximum absolute atomic E-state index is 10.8. The molecule has 0 fully saturated rings. The molecule has 0 saturated heterocycles. The van der Waals surface area contributed by atoms with Gasteiger partial charge in [-0.05, 0) is 13.8 Å². The molecule has 0 radical (unpaired) electrons. The standard InChI is InChI=1S/C6H12O3S2/c1-3-8-4(2)9-5(7)6(10)11/h4,6,10-11H,3H2,1-2H3. The Labute approximate surface area is 77.3 Å². The third-order valence-electron chi connectivity index (χ3n) is 0.894. The van der Waals surface area contributed by atoms with Crippen molar-refractivity contribution >= 4 is 31.2 Å². The molecule has 1 atom stereocenters. The van der Waals surface area contributed by atoms with Crippen LogP contribution >= 0.6 is 25.3 Å². The number of carbonyl (C=O) groups excluding carboxylic acids is 1. The number of ether oxygens (including phenoxy) is 2. The Hall–Kier alpha value is 0.130. The predicted molar refractivity (Wildman–Crippen MR) is 48.9 cm³/mol. The summed E-state index contributed by atoms with van der Waals surface area (Å²) in [6.07, 6.45) is -0.519. The maximum Gasteiger partial charge on any atom is 0.331 e. The van der Waals surface area contributed by atoms with E-state index >= 15 is 0 Å². The molecule has 1 unspecified atom stereocenters. The van der Waals surface area contributed by atoms with Gasteiger partial charge in [0.15, 0.2) is 6.29 Å². The lowest BCUT2D eigenvalue weighted by molar-refractivity contribution is -0.171. The van der Waals surface area contributed by atoms with Crippen LogP contribution in [0.25, 0.3) is 0 Å². The highest BCUT2D eigenvalue weighted by Gasteiger charge is 2.13. The number of rotatable bonds is 4. The van der Waals surface area contributed by atoms with Crippen molar-refractivity contribution in [1.82, 2.24) is 0 Å². The van der Waals surface area contributed by atoms with Crippen LogP contribution in [0.15, 0.2) is 0 Å². The van der Waals surface area contributed by atoms with Crippen molar-refractivity contribution in [3.05, 3.63) is 0 Å². The van der Waals surface area contributed by atoms with Crippen LogP contribution in [0.1, 0.15) is 13.8 Å². The fourth-order valence-corrected chi connectivity index (χ4v) is 0.615. The molecule has 0 aliphatic carbocycles. The number of hydrogen-bond acceptors (Lipinski definition) is 5. The summed E-state index contributed by atoms with van der Waals surface area (Å²) in [7, 11) is 0. The molecule has 0 aliphatic rings. The minimum atomic E-state index is -0.696. The smallest absolute Gasteiger partial charge is 0.331 e. The van der Waals surface area contributed by atoms with E-state index in [4.69, 9.17) is 9.47 Å². The van der Waals surface area contributed by atoms with Gasteiger partial charge in [0.25, 0.3) is 0 Å². The van der Waals surface area contributed by atoms with Gasteiger partial charge in [0, 0.05) is 6.61 Å². The van der Waals surface area contributed by atoms with Crippen LogP contribution in [0, 0.1) is 0 Å². The number of hydrogen-bond donors (Lipinski definition) is 2. The average Bonchev–Trinajstić information content (AvgIpc) is 1.87. The minimum absolute atomic E-state index is 0.488. The van der Waals surface area contributed by atoms with Gasteiger partial charge in [-0.25, -0.2) is 4.79 Å². The van der Waals surface area contributed by atoms with E-state index in [-0.39, 0.29) is 0 Å². The van der Waals surface area contributed by atoms with Crippen LogP contribution in [0.5, 0.6) is 0 Å². The van der Waals surface area contributed by atoms with Gasteiger partial charge in [0.1, 0.15) is 4.58 Å². The normalized spacial score (nSPS) is 13.2. The van der Waals surface area contributed by atoms with Gasteiger partial charge in [-0.15, -0.1) is 0 Å². The van der Waals surface area contributed by atoms with Crippen LogP contribution in [-0.4, -0.2) is 23.4 Å². The lowest BCUT2D eigenvalue weighted by Crippen LogP contribution is -2.21. The monoisotopic (exact) mass is 196 g/mol. The molecule has 0 amide bonds. The van der Waals surface area contributed by atoms with Crippen LogP contribution in [-0.2, 0) is 14.3 Å². The van der Waals surface area contributed by atoms with Gasteiger partial charge in [0.2, 0.25) is 0 Å². The van der Waals surface area contributed by atoms with Crippen molar-refractivity contribution < 1.29 is 14.3 Å². The Morgan fingerprint density at radius 1 is 1.55 bits per heavy atom. The number of carbonyl (C=O) groups is 1. The fourth-order valence-electron chi connectivity index (χ4n) is 0.493. The van der Waals surface area contributed by atoms with E-state index in [0.717, 1.165) is 0 Å². The Morgan fingerprint density at radius 3 is 2.45 bits per heavy atom. The van der Waals surface area contributed by atoms with Crippen LogP contribution in [0.3, 0.4) is 0 Å². The molecule has 0 spiro atoms. The molecule has 5 heteroatoms. The van der Waals surface area contributed by atoms with E-state index in [1.807, 2.05) is 6.92 Å². The lowest BCUT2D eigenvalue weighted by atomic mass is 10.7. The summed E-state index contributed by atoms with van der Waals surface area (Å²) < 4.78 is 8.99. The first kappa shape index (κ1) is 11.1. The zero-order chi connectivity index (χ0) is 8.85.